The number of hydrogen-bond acceptors (Lipinski definition) is 5. The number of carbonyl (C=O) groups is 1. The van der Waals surface area contributed by atoms with Crippen molar-refractivity contribution in [2.75, 3.05) is 35.1 Å². The molecule has 0 spiro atoms. The summed E-state index contributed by atoms with van der Waals surface area (Å²) >= 11 is 9.10. The first-order chi connectivity index (χ1) is 13.4. The number of ether oxygens (including phenoxy) is 1. The van der Waals surface area contributed by atoms with Gasteiger partial charge in [-0.2, -0.15) is 0 Å². The van der Waals surface area contributed by atoms with Gasteiger partial charge in [0.15, 0.2) is 0 Å². The molecule has 1 amide bonds. The first kappa shape index (κ1) is 20.4. The SMILES string of the molecule is C=C(CBr)C(=O)Nc1cc2c(cc1OC)NCNC2Nc1ccc(F)c(Cl)c1. The average Bonchev–Trinajstić information content (AvgIpc) is 2.70. The van der Waals surface area contributed by atoms with Gasteiger partial charge in [0.05, 0.1) is 24.5 Å². The molecule has 3 rings (SSSR count). The standard InChI is InChI=1S/C19H19BrClFN4O2/c1-10(8-20)19(27)26-16-6-12-15(7-17(16)28-2)23-9-24-18(12)25-11-3-4-14(22)13(21)5-11/h3-7,18,23-25H,1,8-9H2,2H3,(H,26,27). The molecule has 1 aliphatic heterocycles. The van der Waals surface area contributed by atoms with Gasteiger partial charge in [-0.1, -0.05) is 34.1 Å². The summed E-state index contributed by atoms with van der Waals surface area (Å²) in [5.74, 6) is -0.262. The van der Waals surface area contributed by atoms with Crippen molar-refractivity contribution in [3.63, 3.8) is 0 Å². The van der Waals surface area contributed by atoms with Crippen molar-refractivity contribution < 1.29 is 13.9 Å². The summed E-state index contributed by atoms with van der Waals surface area (Å²) in [6, 6.07) is 8.06. The molecule has 1 heterocycles. The predicted octanol–water partition coefficient (Wildman–Crippen LogP) is 4.46. The van der Waals surface area contributed by atoms with Gasteiger partial charge in [-0.3, -0.25) is 10.1 Å². The van der Waals surface area contributed by atoms with E-state index in [0.717, 1.165) is 11.3 Å². The number of halogens is 3. The van der Waals surface area contributed by atoms with Crippen molar-refractivity contribution in [1.82, 2.24) is 5.32 Å². The number of methoxy groups -OCH3 is 1. The number of carbonyl (C=O) groups excluding carboxylic acids is 1. The van der Waals surface area contributed by atoms with E-state index in [4.69, 9.17) is 16.3 Å². The maximum absolute atomic E-state index is 13.4. The second kappa shape index (κ2) is 8.81. The molecule has 6 nitrogen and oxygen atoms in total. The number of benzene rings is 2. The molecule has 2 aromatic carbocycles. The molecule has 28 heavy (non-hydrogen) atoms. The molecule has 0 fully saturated rings. The van der Waals surface area contributed by atoms with E-state index in [1.165, 1.54) is 19.2 Å². The van der Waals surface area contributed by atoms with Crippen LogP contribution in [0.3, 0.4) is 0 Å². The number of anilines is 3. The van der Waals surface area contributed by atoms with Crippen LogP contribution in [-0.4, -0.2) is 25.0 Å². The Morgan fingerprint density at radius 3 is 2.89 bits per heavy atom. The van der Waals surface area contributed by atoms with Crippen molar-refractivity contribution in [2.45, 2.75) is 6.17 Å². The summed E-state index contributed by atoms with van der Waals surface area (Å²) in [6.07, 6.45) is -0.293. The van der Waals surface area contributed by atoms with Crippen molar-refractivity contribution in [2.24, 2.45) is 0 Å². The van der Waals surface area contributed by atoms with E-state index in [1.54, 1.807) is 6.07 Å². The molecule has 0 radical (unpaired) electrons. The normalized spacial score (nSPS) is 15.2. The minimum Gasteiger partial charge on any atom is -0.494 e. The van der Waals surface area contributed by atoms with Crippen LogP contribution in [0.15, 0.2) is 42.5 Å². The Morgan fingerprint density at radius 2 is 2.21 bits per heavy atom. The van der Waals surface area contributed by atoms with Gasteiger partial charge in [0.2, 0.25) is 0 Å². The highest BCUT2D eigenvalue weighted by Gasteiger charge is 2.23. The molecule has 0 aliphatic carbocycles. The number of nitrogens with one attached hydrogen (secondary N) is 4. The molecule has 4 N–H and O–H groups in total. The van der Waals surface area contributed by atoms with E-state index in [0.29, 0.717) is 34.7 Å². The zero-order valence-corrected chi connectivity index (χ0v) is 17.4. The van der Waals surface area contributed by atoms with Crippen LogP contribution in [0.25, 0.3) is 0 Å². The Bertz CT molecular complexity index is 925. The Morgan fingerprint density at radius 1 is 1.43 bits per heavy atom. The number of hydrogen-bond donors (Lipinski definition) is 4. The molecule has 0 saturated heterocycles. The Balaban J connectivity index is 1.92. The quantitative estimate of drug-likeness (QED) is 0.371. The van der Waals surface area contributed by atoms with Crippen LogP contribution >= 0.6 is 27.5 Å². The lowest BCUT2D eigenvalue weighted by atomic mass is 10.1. The molecule has 0 saturated carbocycles. The molecule has 1 aliphatic rings. The third-order valence-electron chi connectivity index (χ3n) is 4.23. The molecular weight excluding hydrogens is 451 g/mol. The lowest BCUT2D eigenvalue weighted by Gasteiger charge is -2.30. The van der Waals surface area contributed by atoms with Gasteiger partial charge < -0.3 is 20.7 Å². The van der Waals surface area contributed by atoms with Crippen LogP contribution < -0.4 is 26.0 Å². The first-order valence-electron chi connectivity index (χ1n) is 8.38. The highest BCUT2D eigenvalue weighted by atomic mass is 79.9. The van der Waals surface area contributed by atoms with Crippen molar-refractivity contribution >= 4 is 50.5 Å². The second-order valence-corrected chi connectivity index (χ2v) is 7.06. The minimum absolute atomic E-state index is 0.0372. The van der Waals surface area contributed by atoms with Gasteiger partial charge in [0.25, 0.3) is 5.91 Å². The van der Waals surface area contributed by atoms with E-state index < -0.39 is 5.82 Å². The van der Waals surface area contributed by atoms with Crippen LogP contribution in [0.1, 0.15) is 11.7 Å². The van der Waals surface area contributed by atoms with Crippen molar-refractivity contribution in [3.05, 3.63) is 58.9 Å². The maximum atomic E-state index is 13.4. The van der Waals surface area contributed by atoms with E-state index >= 15 is 0 Å². The molecule has 2 aromatic rings. The molecule has 148 valence electrons. The number of rotatable bonds is 6. The zero-order chi connectivity index (χ0) is 20.3. The fraction of sp³-hybridized carbons (Fsp3) is 0.211. The van der Waals surface area contributed by atoms with Crippen LogP contribution in [0.5, 0.6) is 5.75 Å². The zero-order valence-electron chi connectivity index (χ0n) is 15.0. The molecular formula is C19H19BrClFN4O2. The van der Waals surface area contributed by atoms with Crippen LogP contribution in [-0.2, 0) is 4.79 Å². The van der Waals surface area contributed by atoms with Crippen molar-refractivity contribution in [1.29, 1.82) is 0 Å². The summed E-state index contributed by atoms with van der Waals surface area (Å²) < 4.78 is 18.8. The van der Waals surface area contributed by atoms with Gasteiger partial charge in [-0.25, -0.2) is 4.39 Å². The molecule has 9 heteroatoms. The summed E-state index contributed by atoms with van der Waals surface area (Å²) in [5.41, 5.74) is 3.27. The van der Waals surface area contributed by atoms with E-state index in [2.05, 4.69) is 43.8 Å². The number of fused-ring (bicyclic) bond motifs is 1. The Hall–Kier alpha value is -2.29. The van der Waals surface area contributed by atoms with Gasteiger partial charge in [-0.05, 0) is 24.3 Å². The highest BCUT2D eigenvalue weighted by Crippen LogP contribution is 2.37. The average molecular weight is 470 g/mol. The third-order valence-corrected chi connectivity index (χ3v) is 5.20. The number of amides is 1. The van der Waals surface area contributed by atoms with Gasteiger partial charge >= 0.3 is 0 Å². The second-order valence-electron chi connectivity index (χ2n) is 6.09. The first-order valence-corrected chi connectivity index (χ1v) is 9.88. The van der Waals surface area contributed by atoms with Gasteiger partial charge in [0, 0.05) is 33.9 Å². The topological polar surface area (TPSA) is 74.4 Å². The van der Waals surface area contributed by atoms with Crippen LogP contribution in [0.4, 0.5) is 21.5 Å². The number of alkyl halides is 1. The Labute approximate surface area is 175 Å². The third kappa shape index (κ3) is 4.40. The summed E-state index contributed by atoms with van der Waals surface area (Å²) in [5, 5.41) is 13.0. The van der Waals surface area contributed by atoms with Crippen molar-refractivity contribution in [3.8, 4) is 5.75 Å². The summed E-state index contributed by atoms with van der Waals surface area (Å²) in [6.45, 7) is 4.23. The fourth-order valence-electron chi connectivity index (χ4n) is 2.77. The molecule has 0 bridgehead atoms. The smallest absolute Gasteiger partial charge is 0.251 e. The summed E-state index contributed by atoms with van der Waals surface area (Å²) in [4.78, 5) is 12.2. The molecule has 0 aromatic heterocycles. The predicted molar refractivity (Wildman–Crippen MR) is 114 cm³/mol. The van der Waals surface area contributed by atoms with E-state index in [9.17, 15) is 9.18 Å². The van der Waals surface area contributed by atoms with Gasteiger partial charge in [0.1, 0.15) is 17.7 Å². The van der Waals surface area contributed by atoms with Crippen LogP contribution in [0.2, 0.25) is 5.02 Å². The monoisotopic (exact) mass is 468 g/mol. The minimum atomic E-state index is -0.479. The highest BCUT2D eigenvalue weighted by molar-refractivity contribution is 9.09. The van der Waals surface area contributed by atoms with Gasteiger partial charge in [-0.15, -0.1) is 0 Å². The van der Waals surface area contributed by atoms with Crippen LogP contribution in [0, 0.1) is 5.82 Å². The summed E-state index contributed by atoms with van der Waals surface area (Å²) in [7, 11) is 1.54. The molecule has 1 atom stereocenters. The largest absolute Gasteiger partial charge is 0.494 e. The molecule has 1 unspecified atom stereocenters. The lowest BCUT2D eigenvalue weighted by Crippen LogP contribution is -2.37. The lowest BCUT2D eigenvalue weighted by molar-refractivity contribution is -0.112. The van der Waals surface area contributed by atoms with E-state index in [-0.39, 0.29) is 17.1 Å². The fourth-order valence-corrected chi connectivity index (χ4v) is 3.20. The van der Waals surface area contributed by atoms with E-state index in [1.807, 2.05) is 12.1 Å². The Kier molecular flexibility index (Phi) is 6.43. The maximum Gasteiger partial charge on any atom is 0.251 e.